The lowest BCUT2D eigenvalue weighted by Crippen LogP contribution is -2.50. The molecule has 0 atom stereocenters. The first-order valence-electron chi connectivity index (χ1n) is 23.4. The van der Waals surface area contributed by atoms with Crippen LogP contribution in [0.5, 0.6) is 0 Å². The maximum Gasteiger partial charge on any atom is 0.116 e. The Morgan fingerprint density at radius 3 is 1.09 bits per heavy atom. The van der Waals surface area contributed by atoms with Crippen LogP contribution >= 0.6 is 0 Å². The normalized spacial score (nSPS) is 14.2. The van der Waals surface area contributed by atoms with Crippen molar-refractivity contribution in [3.05, 3.63) is 205 Å². The standard InChI is InChI=1S/C62H50N2Si2/c1-39-37-53(63(41-21-9-7-10-22-41)51-31-19-29-49-45-25-15-17-33-55(45)65(3,4)61(49)51)57-47-27-13-14-28-48(47)58-54(38-40(2)44-36-35-43(39)59(57)60(44)58)64(42-23-11-8-12-24-42)52-32-20-30-50-46-26-16-18-34-56(46)66(5,6)62(50)52/h7-38H,1-6H3. The van der Waals surface area contributed by atoms with Crippen LogP contribution < -0.4 is 30.5 Å². The number of fused-ring (bicyclic) bond motifs is 9. The highest BCUT2D eigenvalue weighted by Gasteiger charge is 2.42. The van der Waals surface area contributed by atoms with Gasteiger partial charge in [-0.15, -0.1) is 0 Å². The number of rotatable bonds is 6. The zero-order valence-corrected chi connectivity index (χ0v) is 40.4. The van der Waals surface area contributed by atoms with Crippen LogP contribution in [0.25, 0.3) is 65.3 Å². The van der Waals surface area contributed by atoms with Gasteiger partial charge < -0.3 is 9.80 Å². The lowest BCUT2D eigenvalue weighted by molar-refractivity contribution is 1.30. The van der Waals surface area contributed by atoms with Crippen LogP contribution in [-0.4, -0.2) is 16.1 Å². The molecule has 13 rings (SSSR count). The third kappa shape index (κ3) is 5.28. The number of anilines is 6. The van der Waals surface area contributed by atoms with Crippen LogP contribution in [0.3, 0.4) is 0 Å². The predicted molar refractivity (Wildman–Crippen MR) is 291 cm³/mol. The summed E-state index contributed by atoms with van der Waals surface area (Å²) < 4.78 is 0. The molecule has 0 saturated heterocycles. The van der Waals surface area contributed by atoms with Crippen molar-refractivity contribution in [2.45, 2.75) is 40.0 Å². The quantitative estimate of drug-likeness (QED) is 0.0933. The molecule has 0 N–H and O–H groups in total. The summed E-state index contributed by atoms with van der Waals surface area (Å²) in [5.41, 5.74) is 15.4. The van der Waals surface area contributed by atoms with E-state index < -0.39 is 16.1 Å². The molecule has 0 unspecified atom stereocenters. The Bertz CT molecular complexity index is 3550. The fourth-order valence-corrected chi connectivity index (χ4v) is 19.3. The molecule has 0 saturated carbocycles. The van der Waals surface area contributed by atoms with E-state index in [4.69, 9.17) is 0 Å². The molecule has 0 radical (unpaired) electrons. The molecule has 66 heavy (non-hydrogen) atoms. The summed E-state index contributed by atoms with van der Waals surface area (Å²) in [5.74, 6) is 0. The van der Waals surface area contributed by atoms with Crippen molar-refractivity contribution in [2.75, 3.05) is 9.80 Å². The van der Waals surface area contributed by atoms with E-state index >= 15 is 0 Å². The van der Waals surface area contributed by atoms with Gasteiger partial charge in [0.1, 0.15) is 16.1 Å². The second-order valence-corrected chi connectivity index (χ2v) is 28.3. The fraction of sp³-hybridized carbons (Fsp3) is 0.0968. The van der Waals surface area contributed by atoms with Crippen LogP contribution in [0.4, 0.5) is 34.1 Å². The van der Waals surface area contributed by atoms with Crippen molar-refractivity contribution < 1.29 is 0 Å². The molecule has 0 aromatic heterocycles. The number of benzene rings is 11. The van der Waals surface area contributed by atoms with Gasteiger partial charge in [-0.25, -0.2) is 0 Å². The molecule has 2 aliphatic rings. The van der Waals surface area contributed by atoms with E-state index in [2.05, 4.69) is 244 Å². The van der Waals surface area contributed by atoms with Crippen LogP contribution in [0, 0.1) is 13.8 Å². The summed E-state index contributed by atoms with van der Waals surface area (Å²) in [4.78, 5) is 5.24. The van der Waals surface area contributed by atoms with E-state index in [9.17, 15) is 0 Å². The van der Waals surface area contributed by atoms with E-state index in [1.807, 2.05) is 0 Å². The summed E-state index contributed by atoms with van der Waals surface area (Å²) in [6.45, 7) is 14.8. The second-order valence-electron chi connectivity index (χ2n) is 19.7. The lowest BCUT2D eigenvalue weighted by atomic mass is 9.84. The van der Waals surface area contributed by atoms with Gasteiger partial charge in [0.25, 0.3) is 0 Å². The van der Waals surface area contributed by atoms with Crippen molar-refractivity contribution >= 4 is 114 Å². The Hall–Kier alpha value is -7.25. The summed E-state index contributed by atoms with van der Waals surface area (Å²) in [5, 5.41) is 16.5. The molecule has 2 heterocycles. The lowest BCUT2D eigenvalue weighted by Gasteiger charge is -2.34. The zero-order chi connectivity index (χ0) is 44.6. The van der Waals surface area contributed by atoms with Crippen LogP contribution in [0.2, 0.25) is 26.2 Å². The Balaban J connectivity index is 1.17. The molecule has 0 aliphatic carbocycles. The summed E-state index contributed by atoms with van der Waals surface area (Å²) >= 11 is 0. The molecule has 2 nitrogen and oxygen atoms in total. The third-order valence-electron chi connectivity index (χ3n) is 15.3. The van der Waals surface area contributed by atoms with E-state index in [1.54, 1.807) is 0 Å². The van der Waals surface area contributed by atoms with Crippen LogP contribution in [-0.2, 0) is 0 Å². The minimum absolute atomic E-state index is 1.17. The number of aryl methyl sites for hydroxylation is 2. The van der Waals surface area contributed by atoms with Crippen molar-refractivity contribution in [1.82, 2.24) is 0 Å². The van der Waals surface area contributed by atoms with Gasteiger partial charge in [-0.2, -0.15) is 0 Å². The molecular formula is C62H50N2Si2. The highest BCUT2D eigenvalue weighted by atomic mass is 28.3. The van der Waals surface area contributed by atoms with Crippen molar-refractivity contribution in [2.24, 2.45) is 0 Å². The molecule has 11 aromatic rings. The van der Waals surface area contributed by atoms with E-state index in [1.165, 1.54) is 131 Å². The maximum absolute atomic E-state index is 2.62. The van der Waals surface area contributed by atoms with E-state index in [-0.39, 0.29) is 0 Å². The average molecular weight is 879 g/mol. The first-order valence-corrected chi connectivity index (χ1v) is 29.4. The number of hydrogen-bond donors (Lipinski definition) is 0. The average Bonchev–Trinajstić information content (AvgIpc) is 3.73. The van der Waals surface area contributed by atoms with Crippen LogP contribution in [0.15, 0.2) is 194 Å². The second kappa shape index (κ2) is 14.1. The van der Waals surface area contributed by atoms with Crippen molar-refractivity contribution in [1.29, 1.82) is 0 Å². The molecule has 0 bridgehead atoms. The maximum atomic E-state index is 2.62. The van der Waals surface area contributed by atoms with Gasteiger partial charge in [-0.3, -0.25) is 0 Å². The minimum Gasteiger partial charge on any atom is -0.310 e. The van der Waals surface area contributed by atoms with Gasteiger partial charge >= 0.3 is 0 Å². The number of nitrogens with zero attached hydrogens (tertiary/aromatic N) is 2. The Kier molecular flexibility index (Phi) is 8.38. The number of hydrogen-bond acceptors (Lipinski definition) is 2. The molecule has 0 amide bonds. The largest absolute Gasteiger partial charge is 0.310 e. The molecule has 0 spiro atoms. The third-order valence-corrected chi connectivity index (χ3v) is 22.5. The fourth-order valence-electron chi connectivity index (χ4n) is 12.5. The minimum atomic E-state index is -2.13. The van der Waals surface area contributed by atoms with Gasteiger partial charge in [0.2, 0.25) is 0 Å². The van der Waals surface area contributed by atoms with E-state index in [0.29, 0.717) is 0 Å². The molecule has 2 aliphatic heterocycles. The number of para-hydroxylation sites is 2. The SMILES string of the molecule is Cc1cc(N(c2ccccc2)c2cccc3c2[Si](C)(C)c2ccccc2-3)c2c3ccccc3c3c(N(c4ccccc4)c4cccc5c4[Si](C)(C)c4ccccc4-5)cc(C)c4ccc1c2c43. The molecule has 0 fully saturated rings. The van der Waals surface area contributed by atoms with Crippen molar-refractivity contribution in [3.8, 4) is 22.3 Å². The highest BCUT2D eigenvalue weighted by molar-refractivity contribution is 7.05. The van der Waals surface area contributed by atoms with Gasteiger partial charge in [-0.05, 0) is 138 Å². The van der Waals surface area contributed by atoms with Gasteiger partial charge in [0.15, 0.2) is 0 Å². The van der Waals surface area contributed by atoms with Crippen LogP contribution in [0.1, 0.15) is 11.1 Å². The Morgan fingerprint density at radius 1 is 0.303 bits per heavy atom. The Morgan fingerprint density at radius 2 is 0.667 bits per heavy atom. The zero-order valence-electron chi connectivity index (χ0n) is 38.4. The molecule has 316 valence electrons. The molecule has 4 heteroatoms. The van der Waals surface area contributed by atoms with Gasteiger partial charge in [0, 0.05) is 44.3 Å². The molecule has 11 aromatic carbocycles. The first-order chi connectivity index (χ1) is 32.1. The summed E-state index contributed by atoms with van der Waals surface area (Å²) in [6, 6.07) is 73.7. The van der Waals surface area contributed by atoms with Crippen molar-refractivity contribution in [3.63, 3.8) is 0 Å². The predicted octanol–water partition coefficient (Wildman–Crippen LogP) is 14.9. The highest BCUT2D eigenvalue weighted by Crippen LogP contribution is 2.53. The van der Waals surface area contributed by atoms with E-state index in [0.717, 1.165) is 0 Å². The summed E-state index contributed by atoms with van der Waals surface area (Å²) in [6.07, 6.45) is 0. The first kappa shape index (κ1) is 39.1. The summed E-state index contributed by atoms with van der Waals surface area (Å²) in [7, 11) is -4.26. The van der Waals surface area contributed by atoms with Gasteiger partial charge in [-0.1, -0.05) is 172 Å². The Labute approximate surface area is 389 Å². The molecular weight excluding hydrogens is 829 g/mol. The smallest absolute Gasteiger partial charge is 0.116 e. The van der Waals surface area contributed by atoms with Gasteiger partial charge in [0.05, 0.1) is 11.4 Å². The monoisotopic (exact) mass is 878 g/mol. The topological polar surface area (TPSA) is 6.48 Å².